The second-order valence-electron chi connectivity index (χ2n) is 6.02. The smallest absolute Gasteiger partial charge is 0.134 e. The molecule has 0 unspecified atom stereocenters. The summed E-state index contributed by atoms with van der Waals surface area (Å²) in [7, 11) is 0. The zero-order valence-corrected chi connectivity index (χ0v) is 14.2. The number of halogens is 3. The molecule has 0 amide bonds. The second kappa shape index (κ2) is 6.08. The number of rotatable bonds is 2. The first-order valence-electron chi connectivity index (χ1n) is 7.95. The van der Waals surface area contributed by atoms with E-state index in [1.807, 2.05) is 31.2 Å². The number of aryl methyl sites for hydroxylation is 1. The Labute approximate surface area is 148 Å². The van der Waals surface area contributed by atoms with Crippen LogP contribution in [0.2, 0.25) is 5.02 Å². The van der Waals surface area contributed by atoms with Crippen molar-refractivity contribution in [3.8, 4) is 22.3 Å². The highest BCUT2D eigenvalue weighted by Crippen LogP contribution is 2.35. The molecule has 0 fully saturated rings. The molecule has 3 aromatic carbocycles. The Morgan fingerprint density at radius 3 is 2.28 bits per heavy atom. The van der Waals surface area contributed by atoms with Gasteiger partial charge in [0.15, 0.2) is 0 Å². The molecule has 3 aromatic rings. The molecule has 25 heavy (non-hydrogen) atoms. The largest absolute Gasteiger partial charge is 0.281 e. The van der Waals surface area contributed by atoms with E-state index in [1.165, 1.54) is 18.2 Å². The quantitative estimate of drug-likeness (QED) is 0.634. The van der Waals surface area contributed by atoms with Crippen molar-refractivity contribution in [2.45, 2.75) is 6.92 Å². The van der Waals surface area contributed by atoms with E-state index in [2.05, 4.69) is 4.99 Å². The molecule has 1 aliphatic heterocycles. The lowest BCUT2D eigenvalue weighted by molar-refractivity contribution is 0.589. The Kier molecular flexibility index (Phi) is 3.89. The van der Waals surface area contributed by atoms with Gasteiger partial charge in [-0.25, -0.2) is 8.78 Å². The van der Waals surface area contributed by atoms with Crippen LogP contribution in [0.15, 0.2) is 53.5 Å². The van der Waals surface area contributed by atoms with Gasteiger partial charge in [0.05, 0.1) is 17.5 Å². The van der Waals surface area contributed by atoms with E-state index in [4.69, 9.17) is 11.6 Å². The van der Waals surface area contributed by atoms with E-state index in [-0.39, 0.29) is 5.56 Å². The van der Waals surface area contributed by atoms with Gasteiger partial charge in [0.2, 0.25) is 0 Å². The number of nitrogens with zero attached hydrogens (tertiary/aromatic N) is 1. The first-order valence-corrected chi connectivity index (χ1v) is 8.32. The molecule has 0 aliphatic carbocycles. The minimum absolute atomic E-state index is 0.0132. The third-order valence-electron chi connectivity index (χ3n) is 4.45. The summed E-state index contributed by atoms with van der Waals surface area (Å²) < 4.78 is 29.2. The van der Waals surface area contributed by atoms with Gasteiger partial charge in [-0.05, 0) is 53.9 Å². The molecule has 124 valence electrons. The number of hydrogen-bond acceptors (Lipinski definition) is 1. The molecular formula is C21H14ClF2N. The van der Waals surface area contributed by atoms with Crippen molar-refractivity contribution in [2.75, 3.05) is 6.54 Å². The number of fused-ring (bicyclic) bond motifs is 1. The highest BCUT2D eigenvalue weighted by atomic mass is 35.5. The molecule has 0 spiro atoms. The molecule has 0 aromatic heterocycles. The van der Waals surface area contributed by atoms with Gasteiger partial charge in [-0.2, -0.15) is 0 Å². The molecular weight excluding hydrogens is 340 g/mol. The van der Waals surface area contributed by atoms with Crippen molar-refractivity contribution in [3.05, 3.63) is 81.3 Å². The summed E-state index contributed by atoms with van der Waals surface area (Å²) in [6.07, 6.45) is 1.91. The summed E-state index contributed by atoms with van der Waals surface area (Å²) in [5.41, 5.74) is 3.11. The molecule has 4 heteroatoms. The van der Waals surface area contributed by atoms with Gasteiger partial charge >= 0.3 is 0 Å². The van der Waals surface area contributed by atoms with Gasteiger partial charge in [0.25, 0.3) is 0 Å². The summed E-state index contributed by atoms with van der Waals surface area (Å²) in [4.78, 5) is 4.43. The maximum Gasteiger partial charge on any atom is 0.134 e. The average Bonchev–Trinajstić information content (AvgIpc) is 3.03. The fourth-order valence-corrected chi connectivity index (χ4v) is 3.50. The SMILES string of the molecule is Cc1cc2c(c(-c3c(F)cccc3F)c1-c1ccc(Cl)cc1)=CCN=2. The Morgan fingerprint density at radius 1 is 0.920 bits per heavy atom. The topological polar surface area (TPSA) is 12.4 Å². The van der Waals surface area contributed by atoms with Crippen molar-refractivity contribution in [3.63, 3.8) is 0 Å². The van der Waals surface area contributed by atoms with E-state index < -0.39 is 11.6 Å². The van der Waals surface area contributed by atoms with Crippen LogP contribution in [0.4, 0.5) is 8.78 Å². The molecule has 0 bridgehead atoms. The van der Waals surface area contributed by atoms with Crippen molar-refractivity contribution < 1.29 is 8.78 Å². The summed E-state index contributed by atoms with van der Waals surface area (Å²) in [5, 5.41) is 2.16. The third kappa shape index (κ3) is 2.65. The summed E-state index contributed by atoms with van der Waals surface area (Å²) in [6.45, 7) is 2.45. The van der Waals surface area contributed by atoms with Crippen LogP contribution in [-0.4, -0.2) is 6.54 Å². The van der Waals surface area contributed by atoms with E-state index in [9.17, 15) is 8.78 Å². The lowest BCUT2D eigenvalue weighted by Gasteiger charge is -2.15. The molecule has 1 nitrogen and oxygen atoms in total. The zero-order chi connectivity index (χ0) is 17.6. The molecule has 1 heterocycles. The maximum absolute atomic E-state index is 14.6. The van der Waals surface area contributed by atoms with Crippen LogP contribution in [0, 0.1) is 18.6 Å². The van der Waals surface area contributed by atoms with Crippen LogP contribution < -0.4 is 10.6 Å². The molecule has 0 atom stereocenters. The molecule has 0 saturated heterocycles. The normalized spacial score (nSPS) is 12.5. The Balaban J connectivity index is 2.17. The third-order valence-corrected chi connectivity index (χ3v) is 4.70. The highest BCUT2D eigenvalue weighted by Gasteiger charge is 2.20. The van der Waals surface area contributed by atoms with Gasteiger partial charge in [0, 0.05) is 15.8 Å². The predicted molar refractivity (Wildman–Crippen MR) is 97.1 cm³/mol. The monoisotopic (exact) mass is 353 g/mol. The maximum atomic E-state index is 14.6. The van der Waals surface area contributed by atoms with Gasteiger partial charge in [-0.15, -0.1) is 0 Å². The van der Waals surface area contributed by atoms with Crippen LogP contribution >= 0.6 is 11.6 Å². The summed E-state index contributed by atoms with van der Waals surface area (Å²) in [6, 6.07) is 13.2. The van der Waals surface area contributed by atoms with Crippen LogP contribution in [-0.2, 0) is 0 Å². The zero-order valence-electron chi connectivity index (χ0n) is 13.5. The first-order chi connectivity index (χ1) is 12.1. The predicted octanol–water partition coefficient (Wildman–Crippen LogP) is 4.67. The van der Waals surface area contributed by atoms with Crippen LogP contribution in [0.3, 0.4) is 0 Å². The van der Waals surface area contributed by atoms with E-state index in [1.54, 1.807) is 12.1 Å². The van der Waals surface area contributed by atoms with Gasteiger partial charge in [0.1, 0.15) is 11.6 Å². The lowest BCUT2D eigenvalue weighted by Crippen LogP contribution is -2.26. The minimum atomic E-state index is -0.580. The van der Waals surface area contributed by atoms with Crippen molar-refractivity contribution in [1.82, 2.24) is 0 Å². The second-order valence-corrected chi connectivity index (χ2v) is 6.46. The number of benzene rings is 3. The Bertz CT molecular complexity index is 1080. The summed E-state index contributed by atoms with van der Waals surface area (Å²) >= 11 is 6.00. The summed E-state index contributed by atoms with van der Waals surface area (Å²) in [5.74, 6) is -1.16. The van der Waals surface area contributed by atoms with E-state index >= 15 is 0 Å². The minimum Gasteiger partial charge on any atom is -0.281 e. The molecule has 1 aliphatic rings. The molecule has 0 radical (unpaired) electrons. The average molecular weight is 354 g/mol. The molecule has 0 N–H and O–H groups in total. The van der Waals surface area contributed by atoms with Crippen molar-refractivity contribution >= 4 is 17.7 Å². The Morgan fingerprint density at radius 2 is 1.60 bits per heavy atom. The Hall–Kier alpha value is -2.52. The van der Waals surface area contributed by atoms with Crippen molar-refractivity contribution in [2.24, 2.45) is 4.99 Å². The van der Waals surface area contributed by atoms with Gasteiger partial charge in [-0.3, -0.25) is 4.99 Å². The van der Waals surface area contributed by atoms with E-state index in [0.717, 1.165) is 27.3 Å². The fourth-order valence-electron chi connectivity index (χ4n) is 3.37. The highest BCUT2D eigenvalue weighted by molar-refractivity contribution is 6.30. The number of hydrogen-bond donors (Lipinski definition) is 0. The molecule has 4 rings (SSSR count). The lowest BCUT2D eigenvalue weighted by atomic mass is 9.88. The fraction of sp³-hybridized carbons (Fsp3) is 0.0952. The van der Waals surface area contributed by atoms with Crippen molar-refractivity contribution in [1.29, 1.82) is 0 Å². The van der Waals surface area contributed by atoms with E-state index in [0.29, 0.717) is 17.1 Å². The molecule has 0 saturated carbocycles. The van der Waals surface area contributed by atoms with Gasteiger partial charge < -0.3 is 0 Å². The first kappa shape index (κ1) is 16.0. The van der Waals surface area contributed by atoms with Crippen LogP contribution in [0.25, 0.3) is 28.3 Å². The van der Waals surface area contributed by atoms with Crippen LogP contribution in [0.5, 0.6) is 0 Å². The standard InChI is InChI=1S/C21H14ClF2N/c1-12-11-18-15(9-10-25-18)20(21-16(23)3-2-4-17(21)24)19(12)13-5-7-14(22)8-6-13/h2-9,11H,10H2,1H3. The van der Waals surface area contributed by atoms with Crippen LogP contribution in [0.1, 0.15) is 5.56 Å². The van der Waals surface area contributed by atoms with Gasteiger partial charge in [-0.1, -0.05) is 35.9 Å².